The first kappa shape index (κ1) is 14.9. The van der Waals surface area contributed by atoms with Gasteiger partial charge in [-0.1, -0.05) is 24.6 Å². The quantitative estimate of drug-likeness (QED) is 0.864. The fourth-order valence-corrected chi connectivity index (χ4v) is 2.63. The highest BCUT2D eigenvalue weighted by Crippen LogP contribution is 2.41. The summed E-state index contributed by atoms with van der Waals surface area (Å²) in [5.41, 5.74) is 6.58. The molecule has 1 aromatic carbocycles. The van der Waals surface area contributed by atoms with Crippen LogP contribution >= 0.6 is 0 Å². The van der Waals surface area contributed by atoms with Crippen molar-refractivity contribution in [3.05, 3.63) is 29.8 Å². The number of carbonyl (C=O) groups excluding carboxylic acids is 1. The minimum absolute atomic E-state index is 0.166. The van der Waals surface area contributed by atoms with E-state index in [1.165, 1.54) is 0 Å². The third kappa shape index (κ3) is 2.96. The average molecular weight is 276 g/mol. The van der Waals surface area contributed by atoms with Crippen LogP contribution in [0.3, 0.4) is 0 Å². The van der Waals surface area contributed by atoms with E-state index in [1.54, 1.807) is 4.90 Å². The summed E-state index contributed by atoms with van der Waals surface area (Å²) in [5, 5.41) is 0. The lowest BCUT2D eigenvalue weighted by Crippen LogP contribution is -2.51. The standard InChI is InChI=1S/C16H24N2O2/c1-13-6-3-4-7-14(13)20-11-10-18(2)15(19)16(12-17)8-5-9-16/h3-4,6-7H,5,8-12,17H2,1-2H3. The summed E-state index contributed by atoms with van der Waals surface area (Å²) in [4.78, 5) is 14.1. The predicted molar refractivity (Wildman–Crippen MR) is 79.6 cm³/mol. The van der Waals surface area contributed by atoms with Gasteiger partial charge in [0.25, 0.3) is 0 Å². The number of nitrogens with zero attached hydrogens (tertiary/aromatic N) is 1. The van der Waals surface area contributed by atoms with Crippen LogP contribution in [0, 0.1) is 12.3 Å². The molecule has 0 spiro atoms. The Morgan fingerprint density at radius 2 is 2.10 bits per heavy atom. The number of para-hydroxylation sites is 1. The van der Waals surface area contributed by atoms with Crippen molar-refractivity contribution in [2.75, 3.05) is 26.7 Å². The molecule has 2 N–H and O–H groups in total. The first-order valence-electron chi connectivity index (χ1n) is 7.23. The van der Waals surface area contributed by atoms with Crippen molar-refractivity contribution in [3.8, 4) is 5.75 Å². The van der Waals surface area contributed by atoms with Crippen LogP contribution in [0.15, 0.2) is 24.3 Å². The predicted octanol–water partition coefficient (Wildman–Crippen LogP) is 1.96. The normalized spacial score (nSPS) is 16.4. The molecule has 110 valence electrons. The third-order valence-corrected chi connectivity index (χ3v) is 4.28. The smallest absolute Gasteiger partial charge is 0.229 e. The Kier molecular flexibility index (Phi) is 4.65. The van der Waals surface area contributed by atoms with Gasteiger partial charge < -0.3 is 15.4 Å². The van der Waals surface area contributed by atoms with Crippen LogP contribution in [-0.2, 0) is 4.79 Å². The third-order valence-electron chi connectivity index (χ3n) is 4.28. The molecule has 0 aliphatic heterocycles. The van der Waals surface area contributed by atoms with Crippen LogP contribution in [0.4, 0.5) is 0 Å². The second kappa shape index (κ2) is 6.27. The van der Waals surface area contributed by atoms with E-state index in [2.05, 4.69) is 0 Å². The first-order chi connectivity index (χ1) is 9.59. The van der Waals surface area contributed by atoms with Gasteiger partial charge in [0.2, 0.25) is 5.91 Å². The Labute approximate surface area is 120 Å². The summed E-state index contributed by atoms with van der Waals surface area (Å²) in [5.74, 6) is 1.05. The lowest BCUT2D eigenvalue weighted by atomic mass is 9.68. The Morgan fingerprint density at radius 1 is 1.40 bits per heavy atom. The zero-order valence-electron chi connectivity index (χ0n) is 12.4. The molecule has 0 unspecified atom stereocenters. The van der Waals surface area contributed by atoms with Crippen molar-refractivity contribution in [1.82, 2.24) is 4.90 Å². The van der Waals surface area contributed by atoms with Crippen molar-refractivity contribution < 1.29 is 9.53 Å². The molecule has 0 atom stereocenters. The average Bonchev–Trinajstić information content (AvgIpc) is 2.40. The maximum Gasteiger partial charge on any atom is 0.229 e. The fourth-order valence-electron chi connectivity index (χ4n) is 2.63. The molecule has 2 rings (SSSR count). The summed E-state index contributed by atoms with van der Waals surface area (Å²) in [6, 6.07) is 7.90. The molecule has 20 heavy (non-hydrogen) atoms. The lowest BCUT2D eigenvalue weighted by molar-refractivity contribution is -0.145. The second-order valence-electron chi connectivity index (χ2n) is 5.68. The molecule has 0 aromatic heterocycles. The van der Waals surface area contributed by atoms with Crippen molar-refractivity contribution in [3.63, 3.8) is 0 Å². The maximum absolute atomic E-state index is 12.4. The second-order valence-corrected chi connectivity index (χ2v) is 5.68. The van der Waals surface area contributed by atoms with Crippen LogP contribution in [0.2, 0.25) is 0 Å². The minimum Gasteiger partial charge on any atom is -0.491 e. The molecule has 1 fully saturated rings. The van der Waals surface area contributed by atoms with Gasteiger partial charge in [0, 0.05) is 13.6 Å². The van der Waals surface area contributed by atoms with Crippen molar-refractivity contribution >= 4 is 5.91 Å². The van der Waals surface area contributed by atoms with Gasteiger partial charge in [0.15, 0.2) is 0 Å². The zero-order chi connectivity index (χ0) is 14.6. The molecule has 1 amide bonds. The summed E-state index contributed by atoms with van der Waals surface area (Å²) < 4.78 is 5.73. The van der Waals surface area contributed by atoms with Gasteiger partial charge in [0.05, 0.1) is 12.0 Å². The highest BCUT2D eigenvalue weighted by molar-refractivity contribution is 5.83. The van der Waals surface area contributed by atoms with Crippen LogP contribution in [0.1, 0.15) is 24.8 Å². The molecule has 0 bridgehead atoms. The van der Waals surface area contributed by atoms with Crippen LogP contribution < -0.4 is 10.5 Å². The number of rotatable bonds is 6. The maximum atomic E-state index is 12.4. The molecule has 1 aromatic rings. The summed E-state index contributed by atoms with van der Waals surface area (Å²) >= 11 is 0. The number of hydrogen-bond acceptors (Lipinski definition) is 3. The van der Waals surface area contributed by atoms with Crippen molar-refractivity contribution in [2.45, 2.75) is 26.2 Å². The van der Waals surface area contributed by atoms with Gasteiger partial charge in [0.1, 0.15) is 12.4 Å². The summed E-state index contributed by atoms with van der Waals surface area (Å²) in [7, 11) is 1.83. The lowest BCUT2D eigenvalue weighted by Gasteiger charge is -2.41. The zero-order valence-corrected chi connectivity index (χ0v) is 12.4. The number of nitrogens with two attached hydrogens (primary N) is 1. The van der Waals surface area contributed by atoms with Crippen LogP contribution in [0.5, 0.6) is 5.75 Å². The van der Waals surface area contributed by atoms with E-state index in [4.69, 9.17) is 10.5 Å². The number of aryl methyl sites for hydroxylation is 1. The first-order valence-corrected chi connectivity index (χ1v) is 7.23. The molecular weight excluding hydrogens is 252 g/mol. The molecule has 4 nitrogen and oxygen atoms in total. The van der Waals surface area contributed by atoms with E-state index in [1.807, 2.05) is 38.2 Å². The topological polar surface area (TPSA) is 55.6 Å². The minimum atomic E-state index is -0.294. The van der Waals surface area contributed by atoms with Crippen molar-refractivity contribution in [1.29, 1.82) is 0 Å². The van der Waals surface area contributed by atoms with E-state index < -0.39 is 0 Å². The van der Waals surface area contributed by atoms with Gasteiger partial charge >= 0.3 is 0 Å². The molecule has 1 saturated carbocycles. The fraction of sp³-hybridized carbons (Fsp3) is 0.562. The number of benzene rings is 1. The van der Waals surface area contributed by atoms with Gasteiger partial charge in [-0.3, -0.25) is 4.79 Å². The number of amides is 1. The monoisotopic (exact) mass is 276 g/mol. The summed E-state index contributed by atoms with van der Waals surface area (Å²) in [6.07, 6.45) is 2.95. The van der Waals surface area contributed by atoms with E-state index in [-0.39, 0.29) is 11.3 Å². The van der Waals surface area contributed by atoms with E-state index in [0.29, 0.717) is 19.7 Å². The van der Waals surface area contributed by atoms with Gasteiger partial charge in [-0.05, 0) is 31.4 Å². The Hall–Kier alpha value is -1.55. The molecule has 0 saturated heterocycles. The number of ether oxygens (including phenoxy) is 1. The SMILES string of the molecule is Cc1ccccc1OCCN(C)C(=O)C1(CN)CCC1. The molecular formula is C16H24N2O2. The van der Waals surface area contributed by atoms with Gasteiger partial charge in [-0.2, -0.15) is 0 Å². The van der Waals surface area contributed by atoms with E-state index >= 15 is 0 Å². The Balaban J connectivity index is 1.82. The highest BCUT2D eigenvalue weighted by atomic mass is 16.5. The number of likely N-dealkylation sites (N-methyl/N-ethyl adjacent to an activating group) is 1. The molecule has 1 aliphatic rings. The Morgan fingerprint density at radius 3 is 2.65 bits per heavy atom. The van der Waals surface area contributed by atoms with Crippen LogP contribution in [-0.4, -0.2) is 37.6 Å². The molecule has 0 heterocycles. The van der Waals surface area contributed by atoms with Gasteiger partial charge in [-0.25, -0.2) is 0 Å². The number of carbonyl (C=O) groups is 1. The van der Waals surface area contributed by atoms with E-state index in [9.17, 15) is 4.79 Å². The molecule has 1 aliphatic carbocycles. The Bertz CT molecular complexity index is 464. The number of hydrogen-bond donors (Lipinski definition) is 1. The van der Waals surface area contributed by atoms with E-state index in [0.717, 1.165) is 30.6 Å². The largest absolute Gasteiger partial charge is 0.491 e. The van der Waals surface area contributed by atoms with Crippen molar-refractivity contribution in [2.24, 2.45) is 11.1 Å². The van der Waals surface area contributed by atoms with Crippen LogP contribution in [0.25, 0.3) is 0 Å². The molecule has 0 radical (unpaired) electrons. The highest BCUT2D eigenvalue weighted by Gasteiger charge is 2.44. The van der Waals surface area contributed by atoms with Gasteiger partial charge in [-0.15, -0.1) is 0 Å². The molecule has 4 heteroatoms. The summed E-state index contributed by atoms with van der Waals surface area (Å²) in [6.45, 7) is 3.57.